The van der Waals surface area contributed by atoms with Gasteiger partial charge in [-0.1, -0.05) is 237 Å². The van der Waals surface area contributed by atoms with Crippen molar-refractivity contribution in [3.8, 4) is 90.3 Å². The number of para-hydroxylation sites is 2. The zero-order valence-electron chi connectivity index (χ0n) is 53.4. The second-order valence-corrected chi connectivity index (χ2v) is 27.0. The van der Waals surface area contributed by atoms with E-state index in [0.717, 1.165) is 150 Å². The molecule has 0 radical (unpaired) electrons. The van der Waals surface area contributed by atoms with Gasteiger partial charge in [-0.15, -0.1) is 11.3 Å². The van der Waals surface area contributed by atoms with Gasteiger partial charge in [0.2, 0.25) is 0 Å². The molecule has 20 aromatic rings. The highest BCUT2D eigenvalue weighted by atomic mass is 32.1. The van der Waals surface area contributed by atoms with Gasteiger partial charge in [-0.3, -0.25) is 0 Å². The van der Waals surface area contributed by atoms with Gasteiger partial charge >= 0.3 is 0 Å². The van der Waals surface area contributed by atoms with Crippen LogP contribution in [0, 0.1) is 0 Å². The Morgan fingerprint density at radius 3 is 1.67 bits per heavy atom. The van der Waals surface area contributed by atoms with Gasteiger partial charge in [0.25, 0.3) is 0 Å². The van der Waals surface area contributed by atoms with Crippen molar-refractivity contribution in [3.05, 3.63) is 308 Å². The molecular formula is C90H52N6O3S. The molecule has 0 spiro atoms. The fourth-order valence-corrected chi connectivity index (χ4v) is 16.6. The summed E-state index contributed by atoms with van der Waals surface area (Å²) in [7, 11) is 0. The van der Waals surface area contributed by atoms with Gasteiger partial charge in [0.1, 0.15) is 39.3 Å². The predicted octanol–water partition coefficient (Wildman–Crippen LogP) is 24.1. The maximum absolute atomic E-state index is 7.08. The first kappa shape index (κ1) is 56.2. The van der Waals surface area contributed by atoms with Crippen molar-refractivity contribution in [2.24, 2.45) is 0 Å². The molecule has 0 saturated carbocycles. The van der Waals surface area contributed by atoms with Crippen LogP contribution >= 0.6 is 11.3 Å². The van der Waals surface area contributed by atoms with Gasteiger partial charge in [-0.25, -0.2) is 29.9 Å². The summed E-state index contributed by atoms with van der Waals surface area (Å²) < 4.78 is 22.9. The molecule has 0 saturated heterocycles. The third-order valence-corrected chi connectivity index (χ3v) is 21.2. The van der Waals surface area contributed by atoms with E-state index in [-0.39, 0.29) is 5.92 Å². The highest BCUT2D eigenvalue weighted by molar-refractivity contribution is 7.26. The molecule has 6 aromatic heterocycles. The maximum atomic E-state index is 7.08. The molecule has 1 aliphatic rings. The molecule has 0 aliphatic heterocycles. The minimum atomic E-state index is -0.0568. The summed E-state index contributed by atoms with van der Waals surface area (Å²) in [5.74, 6) is 3.62. The number of thiophene rings is 1. The Balaban J connectivity index is 0.663. The molecule has 10 heteroatoms. The third-order valence-electron chi connectivity index (χ3n) is 20.1. The monoisotopic (exact) mass is 1300 g/mol. The second-order valence-electron chi connectivity index (χ2n) is 25.9. The van der Waals surface area contributed by atoms with Gasteiger partial charge in [0.15, 0.2) is 29.1 Å². The summed E-state index contributed by atoms with van der Waals surface area (Å²) in [6, 6.07) is 99.8. The molecule has 0 bridgehead atoms. The first-order valence-corrected chi connectivity index (χ1v) is 34.5. The highest BCUT2D eigenvalue weighted by Crippen LogP contribution is 2.50. The van der Waals surface area contributed by atoms with E-state index in [4.69, 9.17) is 43.2 Å². The number of allylic oxidation sites excluding steroid dienone is 1. The van der Waals surface area contributed by atoms with E-state index in [1.165, 1.54) is 42.1 Å². The number of hydrogen-bond donors (Lipinski definition) is 0. The Morgan fingerprint density at radius 1 is 0.300 bits per heavy atom. The Kier molecular flexibility index (Phi) is 12.5. The van der Waals surface area contributed by atoms with Gasteiger partial charge in [-0.2, -0.15) is 0 Å². The lowest BCUT2D eigenvalue weighted by atomic mass is 9.86. The molecule has 1 atom stereocenters. The molecule has 100 heavy (non-hydrogen) atoms. The molecule has 466 valence electrons. The number of furan rings is 3. The Hall–Kier alpha value is -13.0. The average molecular weight is 1300 g/mol. The lowest BCUT2D eigenvalue weighted by Gasteiger charge is -2.21. The summed E-state index contributed by atoms with van der Waals surface area (Å²) in [5, 5.41) is 13.0. The van der Waals surface area contributed by atoms with E-state index in [1.54, 1.807) is 0 Å². The summed E-state index contributed by atoms with van der Waals surface area (Å²) in [6.07, 6.45) is 5.30. The quantitative estimate of drug-likeness (QED) is 0.139. The standard InChI is InChI=1S/C90H52N6O3S/c1-4-19-52(20-5-1)85-92-88(59-41-42-62-58(47-59)39-36-51-18-10-11-25-61(51)62)94-89(93-85)70-31-16-34-74-82(70)80-64(27-15-33-73(80)98-74)63-28-17-35-77-79(63)69-43-40-57(50-78(69)100-77)55-37-38-56-49-76-71(48-60(56)46-55)67-30-14-29-66(84(67)99-76)65-44-45-75-81(68-26-12-13-32-72(68)97-75)83(65)90-95-86(53-21-6-2-7-22-53)91-87(96-90)54-23-8-3-9-24-54/h1-46,48-50,59H,47H2. The summed E-state index contributed by atoms with van der Waals surface area (Å²) >= 11 is 1.82. The van der Waals surface area contributed by atoms with Crippen molar-refractivity contribution in [1.29, 1.82) is 0 Å². The van der Waals surface area contributed by atoms with Crippen LogP contribution < -0.4 is 0 Å². The van der Waals surface area contributed by atoms with E-state index in [9.17, 15) is 0 Å². The van der Waals surface area contributed by atoms with Crippen molar-refractivity contribution in [2.45, 2.75) is 12.3 Å². The van der Waals surface area contributed by atoms with Crippen LogP contribution in [0.5, 0.6) is 0 Å². The fraction of sp³-hybridized carbons (Fsp3) is 0.0222. The number of fused-ring (bicyclic) bond motifs is 16. The molecule has 1 unspecified atom stereocenters. The maximum Gasteiger partial charge on any atom is 0.165 e. The van der Waals surface area contributed by atoms with Crippen molar-refractivity contribution < 1.29 is 13.3 Å². The van der Waals surface area contributed by atoms with Crippen LogP contribution in [0.2, 0.25) is 0 Å². The van der Waals surface area contributed by atoms with Crippen LogP contribution in [0.15, 0.2) is 304 Å². The van der Waals surface area contributed by atoms with E-state index in [2.05, 4.69) is 194 Å². The smallest absolute Gasteiger partial charge is 0.165 e. The fourth-order valence-electron chi connectivity index (χ4n) is 15.4. The number of hydrogen-bond acceptors (Lipinski definition) is 10. The number of rotatable bonds is 9. The number of nitrogens with zero attached hydrogens (tertiary/aromatic N) is 6. The first-order valence-electron chi connectivity index (χ1n) is 33.6. The van der Waals surface area contributed by atoms with Crippen LogP contribution in [0.1, 0.15) is 22.9 Å². The summed E-state index contributed by atoms with van der Waals surface area (Å²) in [5.41, 5.74) is 18.0. The highest BCUT2D eigenvalue weighted by Gasteiger charge is 2.28. The van der Waals surface area contributed by atoms with E-state index in [0.29, 0.717) is 29.1 Å². The van der Waals surface area contributed by atoms with Crippen molar-refractivity contribution in [3.63, 3.8) is 0 Å². The van der Waals surface area contributed by atoms with Gasteiger partial charge in [-0.05, 0) is 128 Å². The number of aromatic nitrogens is 6. The van der Waals surface area contributed by atoms with Crippen LogP contribution in [0.25, 0.3) is 204 Å². The molecule has 21 rings (SSSR count). The lowest BCUT2D eigenvalue weighted by molar-refractivity contribution is 0.668. The minimum absolute atomic E-state index is 0.0568. The van der Waals surface area contributed by atoms with Crippen LogP contribution in [-0.4, -0.2) is 29.9 Å². The van der Waals surface area contributed by atoms with Crippen molar-refractivity contribution >= 4 is 125 Å². The van der Waals surface area contributed by atoms with Crippen molar-refractivity contribution in [1.82, 2.24) is 29.9 Å². The summed E-state index contributed by atoms with van der Waals surface area (Å²) in [6.45, 7) is 0. The van der Waals surface area contributed by atoms with Crippen LogP contribution in [0.3, 0.4) is 0 Å². The zero-order chi connectivity index (χ0) is 65.5. The normalized spacial score (nSPS) is 13.2. The Bertz CT molecular complexity index is 6770. The molecule has 0 fully saturated rings. The molecule has 6 heterocycles. The van der Waals surface area contributed by atoms with Gasteiger partial charge in [0, 0.05) is 91.8 Å². The second kappa shape index (κ2) is 22.3. The lowest BCUT2D eigenvalue weighted by Crippen LogP contribution is -2.12. The molecule has 14 aromatic carbocycles. The van der Waals surface area contributed by atoms with Crippen molar-refractivity contribution in [2.75, 3.05) is 0 Å². The SMILES string of the molecule is C1=CC(c2nc(-c3ccccc3)nc(-c3cccc4oc5cccc(-c6cccc7sc8cc(-c9ccc%10cc%11oc%12c(-c%13ccc%14oc%15ccccc%15c%14c%13-c%13nc(-c%14ccccc%14)nc(-c%14ccccc%14)n%13)cccc%12c%11cc%10c9)ccc8c67)c5c34)n2)Cc2ccc3ccccc3c21. The average Bonchev–Trinajstić information content (AvgIpc) is 1.53. The topological polar surface area (TPSA) is 117 Å². The molecule has 1 aliphatic carbocycles. The first-order chi connectivity index (χ1) is 49.5. The van der Waals surface area contributed by atoms with Gasteiger partial charge < -0.3 is 13.3 Å². The van der Waals surface area contributed by atoms with E-state index < -0.39 is 0 Å². The molecule has 0 N–H and O–H groups in total. The third kappa shape index (κ3) is 9.01. The van der Waals surface area contributed by atoms with Crippen LogP contribution in [0.4, 0.5) is 0 Å². The Labute approximate surface area is 575 Å². The molecule has 0 amide bonds. The largest absolute Gasteiger partial charge is 0.456 e. The number of benzene rings is 14. The minimum Gasteiger partial charge on any atom is -0.456 e. The van der Waals surface area contributed by atoms with E-state index in [1.807, 2.05) is 114 Å². The summed E-state index contributed by atoms with van der Waals surface area (Å²) in [4.78, 5) is 31.7. The van der Waals surface area contributed by atoms with Gasteiger partial charge in [0.05, 0.1) is 0 Å². The van der Waals surface area contributed by atoms with E-state index >= 15 is 0 Å². The Morgan fingerprint density at radius 2 is 0.880 bits per heavy atom. The predicted molar refractivity (Wildman–Crippen MR) is 408 cm³/mol. The molecule has 9 nitrogen and oxygen atoms in total. The molecular weight excluding hydrogens is 1250 g/mol. The zero-order valence-corrected chi connectivity index (χ0v) is 54.2. The van der Waals surface area contributed by atoms with Crippen LogP contribution in [-0.2, 0) is 6.42 Å².